The summed E-state index contributed by atoms with van der Waals surface area (Å²) in [6.45, 7) is 7.26. The first-order valence-corrected chi connectivity index (χ1v) is 40.6. The lowest BCUT2D eigenvalue weighted by atomic mass is 10.0. The van der Waals surface area contributed by atoms with Gasteiger partial charge in [0.1, 0.15) is 19.3 Å². The van der Waals surface area contributed by atoms with Crippen molar-refractivity contribution < 1.29 is 80.2 Å². The SMILES string of the molecule is CCCCCCCCCCCCCCCCC(=O)OC[C@H](COP(=O)(O)OC[C@@H](O)COP(=O)(O)OC[C@@H](COC(=O)CCCCCCCCCC)OC(=O)CCCCCCCCCCCCCCCC)OC(=O)CCCCCCCCCCCCCCC(C)C. The van der Waals surface area contributed by atoms with Crippen LogP contribution in [0, 0.1) is 5.92 Å². The molecular formula is C72H140O17P2. The monoisotopic (exact) mass is 1340 g/mol. The number of carbonyl (C=O) groups is 4. The molecule has 0 saturated heterocycles. The molecule has 0 rings (SSSR count). The van der Waals surface area contributed by atoms with Gasteiger partial charge in [-0.2, -0.15) is 0 Å². The summed E-state index contributed by atoms with van der Waals surface area (Å²) >= 11 is 0. The molecule has 0 aliphatic rings. The lowest BCUT2D eigenvalue weighted by molar-refractivity contribution is -0.161. The quantitative estimate of drug-likeness (QED) is 0.0222. The van der Waals surface area contributed by atoms with Crippen LogP contribution < -0.4 is 0 Å². The van der Waals surface area contributed by atoms with Crippen molar-refractivity contribution in [3.63, 3.8) is 0 Å². The van der Waals surface area contributed by atoms with Crippen LogP contribution in [0.3, 0.4) is 0 Å². The summed E-state index contributed by atoms with van der Waals surface area (Å²) in [5, 5.41) is 10.6. The predicted octanol–water partition coefficient (Wildman–Crippen LogP) is 20.9. The number of phosphoric ester groups is 2. The van der Waals surface area contributed by atoms with Crippen LogP contribution >= 0.6 is 15.6 Å². The second-order valence-corrected chi connectivity index (χ2v) is 29.4. The fourth-order valence-electron chi connectivity index (χ4n) is 11.0. The zero-order valence-corrected chi connectivity index (χ0v) is 60.8. The van der Waals surface area contributed by atoms with E-state index in [-0.39, 0.29) is 25.7 Å². The second-order valence-electron chi connectivity index (χ2n) is 26.5. The highest BCUT2D eigenvalue weighted by Crippen LogP contribution is 2.45. The zero-order valence-electron chi connectivity index (χ0n) is 59.0. The number of aliphatic hydroxyl groups is 1. The normalized spacial score (nSPS) is 14.0. The van der Waals surface area contributed by atoms with Crippen LogP contribution in [0.25, 0.3) is 0 Å². The molecule has 5 atom stereocenters. The second kappa shape index (κ2) is 65.4. The predicted molar refractivity (Wildman–Crippen MR) is 368 cm³/mol. The van der Waals surface area contributed by atoms with E-state index >= 15 is 0 Å². The number of aliphatic hydroxyl groups excluding tert-OH is 1. The van der Waals surface area contributed by atoms with Crippen molar-refractivity contribution in [2.75, 3.05) is 39.6 Å². The van der Waals surface area contributed by atoms with Crippen molar-refractivity contribution in [2.45, 2.75) is 393 Å². The van der Waals surface area contributed by atoms with Crippen molar-refractivity contribution in [3.05, 3.63) is 0 Å². The Bertz CT molecular complexity index is 1750. The average Bonchev–Trinajstić information content (AvgIpc) is 3.60. The van der Waals surface area contributed by atoms with Crippen molar-refractivity contribution in [3.8, 4) is 0 Å². The van der Waals surface area contributed by atoms with E-state index in [0.717, 1.165) is 102 Å². The van der Waals surface area contributed by atoms with Gasteiger partial charge in [-0.15, -0.1) is 0 Å². The third-order valence-corrected chi connectivity index (χ3v) is 18.7. The van der Waals surface area contributed by atoms with Gasteiger partial charge in [0.25, 0.3) is 0 Å². The Hall–Kier alpha value is -1.94. The summed E-state index contributed by atoms with van der Waals surface area (Å²) in [4.78, 5) is 72.6. The van der Waals surface area contributed by atoms with E-state index in [1.807, 2.05) is 0 Å². The van der Waals surface area contributed by atoms with Crippen molar-refractivity contribution >= 4 is 39.5 Å². The van der Waals surface area contributed by atoms with Gasteiger partial charge in [0.15, 0.2) is 12.2 Å². The van der Waals surface area contributed by atoms with Gasteiger partial charge in [-0.05, 0) is 31.6 Å². The Morgan fingerprint density at radius 3 is 0.747 bits per heavy atom. The summed E-state index contributed by atoms with van der Waals surface area (Å²) in [7, 11) is -9.90. The lowest BCUT2D eigenvalue weighted by Crippen LogP contribution is -2.30. The fourth-order valence-corrected chi connectivity index (χ4v) is 12.6. The number of carbonyl (C=O) groups excluding carboxylic acids is 4. The number of esters is 4. The van der Waals surface area contributed by atoms with E-state index in [9.17, 15) is 43.2 Å². The molecule has 0 radical (unpaired) electrons. The molecule has 0 aromatic carbocycles. The third-order valence-electron chi connectivity index (χ3n) is 16.8. The largest absolute Gasteiger partial charge is 0.472 e. The maximum Gasteiger partial charge on any atom is 0.472 e. The maximum atomic E-state index is 13.0. The van der Waals surface area contributed by atoms with Gasteiger partial charge >= 0.3 is 39.5 Å². The standard InChI is InChI=1S/C72H140O17P2/c1-6-9-12-15-18-21-23-25-27-32-36-41-46-51-56-70(75)83-62-68(89-72(77)58-53-48-43-38-34-30-29-31-35-39-44-49-54-65(4)5)64-87-91(80,81)85-60-66(73)59-84-90(78,79)86-63-67(61-82-69(74)55-50-45-40-20-17-14-11-8-3)88-71(76)57-52-47-42-37-33-28-26-24-22-19-16-13-10-7-2/h65-68,73H,6-64H2,1-5H3,(H,78,79)(H,80,81)/t66-,67+,68+/m0/s1. The number of hydrogen-bond acceptors (Lipinski definition) is 15. The molecule has 0 amide bonds. The van der Waals surface area contributed by atoms with Crippen LogP contribution in [0.2, 0.25) is 0 Å². The van der Waals surface area contributed by atoms with Crippen molar-refractivity contribution in [1.29, 1.82) is 0 Å². The minimum absolute atomic E-state index is 0.108. The Morgan fingerprint density at radius 2 is 0.505 bits per heavy atom. The van der Waals surface area contributed by atoms with E-state index in [1.54, 1.807) is 0 Å². The Labute approximate surface area is 556 Å². The zero-order chi connectivity index (χ0) is 67.0. The molecule has 0 aliphatic heterocycles. The molecule has 17 nitrogen and oxygen atoms in total. The van der Waals surface area contributed by atoms with Crippen LogP contribution in [-0.4, -0.2) is 96.7 Å². The van der Waals surface area contributed by atoms with E-state index in [4.69, 9.17) is 37.0 Å². The lowest BCUT2D eigenvalue weighted by Gasteiger charge is -2.21. The van der Waals surface area contributed by atoms with E-state index < -0.39 is 97.5 Å². The first-order chi connectivity index (χ1) is 44.0. The van der Waals surface area contributed by atoms with Crippen LogP contribution in [0.15, 0.2) is 0 Å². The molecule has 540 valence electrons. The van der Waals surface area contributed by atoms with Crippen molar-refractivity contribution in [2.24, 2.45) is 5.92 Å². The molecule has 0 aliphatic carbocycles. The van der Waals surface area contributed by atoms with Gasteiger partial charge in [0.05, 0.1) is 26.4 Å². The van der Waals surface area contributed by atoms with E-state index in [1.165, 1.54) is 193 Å². The summed E-state index contributed by atoms with van der Waals surface area (Å²) in [6.07, 6.45) is 52.6. The Kier molecular flexibility index (Phi) is 64.0. The summed E-state index contributed by atoms with van der Waals surface area (Å²) < 4.78 is 68.3. The smallest absolute Gasteiger partial charge is 0.462 e. The first-order valence-electron chi connectivity index (χ1n) is 37.6. The Balaban J connectivity index is 5.22. The van der Waals surface area contributed by atoms with Gasteiger partial charge in [0, 0.05) is 25.7 Å². The number of hydrogen-bond donors (Lipinski definition) is 3. The number of rotatable bonds is 72. The highest BCUT2D eigenvalue weighted by Gasteiger charge is 2.30. The molecule has 0 aromatic rings. The molecule has 2 unspecified atom stereocenters. The molecule has 0 fully saturated rings. The molecule has 0 bridgehead atoms. The molecule has 0 heterocycles. The molecule has 0 aromatic heterocycles. The number of ether oxygens (including phenoxy) is 4. The van der Waals surface area contributed by atoms with Gasteiger partial charge in [-0.3, -0.25) is 37.3 Å². The van der Waals surface area contributed by atoms with E-state index in [2.05, 4.69) is 34.6 Å². The highest BCUT2D eigenvalue weighted by molar-refractivity contribution is 7.47. The summed E-state index contributed by atoms with van der Waals surface area (Å²) in [5.74, 6) is -1.34. The van der Waals surface area contributed by atoms with Gasteiger partial charge in [-0.25, -0.2) is 9.13 Å². The maximum absolute atomic E-state index is 13.0. The minimum Gasteiger partial charge on any atom is -0.462 e. The summed E-state index contributed by atoms with van der Waals surface area (Å²) in [5.41, 5.74) is 0. The van der Waals surface area contributed by atoms with E-state index in [0.29, 0.717) is 25.7 Å². The molecule has 0 spiro atoms. The first kappa shape index (κ1) is 89.1. The molecule has 91 heavy (non-hydrogen) atoms. The third kappa shape index (κ3) is 66.5. The fraction of sp³-hybridized carbons (Fsp3) is 0.944. The number of unbranched alkanes of at least 4 members (excludes halogenated alkanes) is 44. The average molecular weight is 1340 g/mol. The van der Waals surface area contributed by atoms with Crippen LogP contribution in [-0.2, 0) is 65.4 Å². The Morgan fingerprint density at radius 1 is 0.297 bits per heavy atom. The van der Waals surface area contributed by atoms with Crippen LogP contribution in [0.1, 0.15) is 375 Å². The van der Waals surface area contributed by atoms with Crippen LogP contribution in [0.5, 0.6) is 0 Å². The molecule has 3 N–H and O–H groups in total. The highest BCUT2D eigenvalue weighted by atomic mass is 31.2. The van der Waals surface area contributed by atoms with Crippen molar-refractivity contribution in [1.82, 2.24) is 0 Å². The summed E-state index contributed by atoms with van der Waals surface area (Å²) in [6, 6.07) is 0. The topological polar surface area (TPSA) is 237 Å². The van der Waals surface area contributed by atoms with Crippen LogP contribution in [0.4, 0.5) is 0 Å². The molecule has 19 heteroatoms. The number of phosphoric acid groups is 2. The van der Waals surface area contributed by atoms with Gasteiger partial charge in [-0.1, -0.05) is 324 Å². The van der Waals surface area contributed by atoms with Gasteiger partial charge < -0.3 is 33.8 Å². The van der Waals surface area contributed by atoms with Gasteiger partial charge in [0.2, 0.25) is 0 Å². The molecular weight excluding hydrogens is 1200 g/mol. The minimum atomic E-state index is -4.95. The molecule has 0 saturated carbocycles.